The Morgan fingerprint density at radius 2 is 2.04 bits per heavy atom. The largest absolute Gasteiger partial charge is 0.505 e. The van der Waals surface area contributed by atoms with E-state index in [0.717, 1.165) is 0 Å². The molecule has 2 rings (SSSR count). The third kappa shape index (κ3) is 3.48. The third-order valence-electron chi connectivity index (χ3n) is 3.22. The number of hydrogen-bond acceptors (Lipinski definition) is 6. The highest BCUT2D eigenvalue weighted by atomic mass is 16.5. The van der Waals surface area contributed by atoms with E-state index in [9.17, 15) is 14.7 Å². The zero-order valence-electron chi connectivity index (χ0n) is 13.1. The number of nitrogens with zero attached hydrogens (tertiary/aromatic N) is 1. The molecule has 0 fully saturated rings. The Bertz CT molecular complexity index is 743. The van der Waals surface area contributed by atoms with E-state index >= 15 is 0 Å². The average molecular weight is 315 g/mol. The normalized spacial score (nSPS) is 15.6. The summed E-state index contributed by atoms with van der Waals surface area (Å²) in [6, 6.07) is 6.67. The molecule has 0 aliphatic carbocycles. The molecule has 0 bridgehead atoms. The van der Waals surface area contributed by atoms with Crippen molar-refractivity contribution in [3.05, 3.63) is 52.4 Å². The number of aliphatic imine (C=N–C) groups is 1. The molecule has 0 atom stereocenters. The number of carbonyl (C=O) groups is 2. The molecule has 1 aromatic rings. The van der Waals surface area contributed by atoms with Crippen molar-refractivity contribution in [2.75, 3.05) is 13.7 Å². The van der Waals surface area contributed by atoms with E-state index in [2.05, 4.69) is 9.73 Å². The van der Waals surface area contributed by atoms with Crippen molar-refractivity contribution >= 4 is 23.7 Å². The van der Waals surface area contributed by atoms with E-state index in [4.69, 9.17) is 4.74 Å². The van der Waals surface area contributed by atoms with Crippen LogP contribution in [0.15, 0.2) is 46.3 Å². The molecular weight excluding hydrogens is 298 g/mol. The van der Waals surface area contributed by atoms with Crippen LogP contribution >= 0.6 is 0 Å². The van der Waals surface area contributed by atoms with Crippen molar-refractivity contribution < 1.29 is 24.2 Å². The van der Waals surface area contributed by atoms with Gasteiger partial charge in [0.1, 0.15) is 11.3 Å². The highest BCUT2D eigenvalue weighted by molar-refractivity contribution is 6.22. The first-order chi connectivity index (χ1) is 11.0. The summed E-state index contributed by atoms with van der Waals surface area (Å²) in [5.41, 5.74) is 1.72. The van der Waals surface area contributed by atoms with Crippen molar-refractivity contribution in [1.29, 1.82) is 0 Å². The lowest BCUT2D eigenvalue weighted by Crippen LogP contribution is -2.13. The summed E-state index contributed by atoms with van der Waals surface area (Å²) in [5, 5.41) is 10.2. The van der Waals surface area contributed by atoms with Crippen molar-refractivity contribution in [2.24, 2.45) is 4.99 Å². The minimum atomic E-state index is -0.613. The molecule has 23 heavy (non-hydrogen) atoms. The van der Waals surface area contributed by atoms with Crippen molar-refractivity contribution in [1.82, 2.24) is 0 Å². The van der Waals surface area contributed by atoms with Crippen LogP contribution in [0.5, 0.6) is 0 Å². The Morgan fingerprint density at radius 1 is 1.30 bits per heavy atom. The van der Waals surface area contributed by atoms with Gasteiger partial charge >= 0.3 is 11.9 Å². The molecule has 0 saturated heterocycles. The number of carbonyl (C=O) groups excluding carboxylic acids is 2. The van der Waals surface area contributed by atoms with Gasteiger partial charge in [0, 0.05) is 0 Å². The number of methoxy groups -OCH3 is 1. The van der Waals surface area contributed by atoms with Gasteiger partial charge < -0.3 is 14.6 Å². The van der Waals surface area contributed by atoms with Gasteiger partial charge in [-0.3, -0.25) is 0 Å². The second-order valence-electron chi connectivity index (χ2n) is 4.79. The first-order valence-corrected chi connectivity index (χ1v) is 7.04. The number of ether oxygens (including phenoxy) is 2. The molecule has 6 heteroatoms. The smallest absolute Gasteiger partial charge is 0.343 e. The van der Waals surface area contributed by atoms with E-state index in [1.807, 2.05) is 0 Å². The van der Waals surface area contributed by atoms with Crippen LogP contribution in [0.3, 0.4) is 0 Å². The topological polar surface area (TPSA) is 85.2 Å². The molecule has 0 aromatic heterocycles. The van der Waals surface area contributed by atoms with Gasteiger partial charge in [-0.05, 0) is 37.6 Å². The number of aliphatic hydroxyl groups excluding tert-OH is 1. The molecule has 0 spiro atoms. The van der Waals surface area contributed by atoms with Crippen LogP contribution in [0.1, 0.15) is 29.8 Å². The maximum atomic E-state index is 11.8. The molecule has 0 saturated carbocycles. The highest BCUT2D eigenvalue weighted by Gasteiger charge is 2.27. The first kappa shape index (κ1) is 16.5. The highest BCUT2D eigenvalue weighted by Crippen LogP contribution is 2.26. The predicted molar refractivity (Wildman–Crippen MR) is 85.2 cm³/mol. The molecule has 0 amide bonds. The van der Waals surface area contributed by atoms with Gasteiger partial charge in [-0.15, -0.1) is 0 Å². The molecule has 1 heterocycles. The van der Waals surface area contributed by atoms with E-state index in [-0.39, 0.29) is 23.6 Å². The number of aliphatic hydroxyl groups is 1. The minimum Gasteiger partial charge on any atom is -0.505 e. The van der Waals surface area contributed by atoms with Crippen LogP contribution in [0.2, 0.25) is 0 Å². The summed E-state index contributed by atoms with van der Waals surface area (Å²) in [6.45, 7) is 3.52. The molecule has 1 aliphatic heterocycles. The van der Waals surface area contributed by atoms with Gasteiger partial charge in [-0.2, -0.15) is 0 Å². The van der Waals surface area contributed by atoms with E-state index in [0.29, 0.717) is 16.8 Å². The lowest BCUT2D eigenvalue weighted by Gasteiger charge is -2.03. The second kappa shape index (κ2) is 6.91. The van der Waals surface area contributed by atoms with Crippen molar-refractivity contribution in [3.63, 3.8) is 0 Å². The lowest BCUT2D eigenvalue weighted by molar-refractivity contribution is -0.138. The minimum absolute atomic E-state index is 0.0576. The quantitative estimate of drug-likeness (QED) is 0.863. The van der Waals surface area contributed by atoms with Crippen LogP contribution < -0.4 is 0 Å². The second-order valence-corrected chi connectivity index (χ2v) is 4.79. The van der Waals surface area contributed by atoms with Crippen LogP contribution in [0.4, 0.5) is 0 Å². The van der Waals surface area contributed by atoms with Crippen LogP contribution in [-0.2, 0) is 14.3 Å². The average Bonchev–Trinajstić information content (AvgIpc) is 2.81. The van der Waals surface area contributed by atoms with Gasteiger partial charge in [-0.25, -0.2) is 14.6 Å². The fourth-order valence-electron chi connectivity index (χ4n) is 2.17. The van der Waals surface area contributed by atoms with Gasteiger partial charge in [0.15, 0.2) is 5.76 Å². The van der Waals surface area contributed by atoms with E-state index < -0.39 is 11.9 Å². The predicted octanol–water partition coefficient (Wildman–Crippen LogP) is 2.66. The third-order valence-corrected chi connectivity index (χ3v) is 3.22. The molecule has 1 aliphatic rings. The van der Waals surface area contributed by atoms with Gasteiger partial charge in [0.25, 0.3) is 0 Å². The van der Waals surface area contributed by atoms with Gasteiger partial charge in [0.2, 0.25) is 0 Å². The number of esters is 2. The zero-order chi connectivity index (χ0) is 17.0. The fourth-order valence-corrected chi connectivity index (χ4v) is 2.17. The summed E-state index contributed by atoms with van der Waals surface area (Å²) < 4.78 is 9.57. The molecule has 120 valence electrons. The van der Waals surface area contributed by atoms with E-state index in [1.165, 1.54) is 7.11 Å². The monoisotopic (exact) mass is 315 g/mol. The van der Waals surface area contributed by atoms with Crippen LogP contribution in [-0.4, -0.2) is 36.5 Å². The van der Waals surface area contributed by atoms with Crippen LogP contribution in [0.25, 0.3) is 6.08 Å². The molecule has 0 unspecified atom stereocenters. The number of benzene rings is 1. The first-order valence-electron chi connectivity index (χ1n) is 7.04. The Labute approximate surface area is 133 Å². The standard InChI is InChI=1S/C17H17NO5/c1-4-23-17(21)14-10(2)18-13(15(14)19)9-11-6-5-7-12(8-11)16(20)22-3/h5-9,19H,4H2,1-3H3. The summed E-state index contributed by atoms with van der Waals surface area (Å²) in [6.07, 6.45) is 1.58. The maximum Gasteiger partial charge on any atom is 0.343 e. The molecule has 1 N–H and O–H groups in total. The molecule has 0 radical (unpaired) electrons. The Hall–Kier alpha value is -2.89. The van der Waals surface area contributed by atoms with Gasteiger partial charge in [0.05, 0.1) is 25.0 Å². The SMILES string of the molecule is CCOC(=O)C1=C(O)C(=Cc2cccc(C(=O)OC)c2)N=C1C. The fraction of sp³-hybridized carbons (Fsp3) is 0.235. The van der Waals surface area contributed by atoms with Crippen molar-refractivity contribution in [2.45, 2.75) is 13.8 Å². The number of hydrogen-bond donors (Lipinski definition) is 1. The molecular formula is C17H17NO5. The Kier molecular flexibility index (Phi) is 4.95. The maximum absolute atomic E-state index is 11.8. The Balaban J connectivity index is 2.38. The Morgan fingerprint density at radius 3 is 2.70 bits per heavy atom. The van der Waals surface area contributed by atoms with E-state index in [1.54, 1.807) is 44.2 Å². The molecule has 1 aromatic carbocycles. The summed E-state index contributed by atoms with van der Waals surface area (Å²) >= 11 is 0. The van der Waals surface area contributed by atoms with Gasteiger partial charge in [-0.1, -0.05) is 12.1 Å². The summed E-state index contributed by atoms with van der Waals surface area (Å²) in [7, 11) is 1.30. The summed E-state index contributed by atoms with van der Waals surface area (Å²) in [5.74, 6) is -1.30. The zero-order valence-corrected chi connectivity index (χ0v) is 13.1. The summed E-state index contributed by atoms with van der Waals surface area (Å²) in [4.78, 5) is 27.6. The van der Waals surface area contributed by atoms with Crippen LogP contribution in [0, 0.1) is 0 Å². The molecule has 6 nitrogen and oxygen atoms in total. The number of rotatable bonds is 4. The lowest BCUT2D eigenvalue weighted by atomic mass is 10.1. The van der Waals surface area contributed by atoms with Crippen molar-refractivity contribution in [3.8, 4) is 0 Å².